The van der Waals surface area contributed by atoms with Gasteiger partial charge in [0, 0.05) is 0 Å². The summed E-state index contributed by atoms with van der Waals surface area (Å²) in [5.41, 5.74) is 0.564. The highest BCUT2D eigenvalue weighted by Gasteiger charge is 2.18. The molecule has 0 fully saturated rings. The van der Waals surface area contributed by atoms with Crippen LogP contribution in [0.3, 0.4) is 0 Å². The number of unbranched alkanes of at least 4 members (excludes halogenated alkanes) is 4. The zero-order valence-electron chi connectivity index (χ0n) is 15.9. The van der Waals surface area contributed by atoms with Crippen LogP contribution in [0.15, 0.2) is 24.3 Å². The Hall–Kier alpha value is -1.84. The van der Waals surface area contributed by atoms with Gasteiger partial charge in [-0.05, 0) is 30.9 Å². The van der Waals surface area contributed by atoms with Gasteiger partial charge in [0.2, 0.25) is 0 Å². The summed E-state index contributed by atoms with van der Waals surface area (Å²) in [7, 11) is 0. The molecule has 0 saturated carbocycles. The average Bonchev–Trinajstić information content (AvgIpc) is 2.61. The van der Waals surface area contributed by atoms with Crippen molar-refractivity contribution in [3.8, 4) is 0 Å². The Labute approximate surface area is 151 Å². The van der Waals surface area contributed by atoms with Crippen LogP contribution < -0.4 is 0 Å². The standard InChI is InChI=1S/C21H32O4/c1-4-5-10-15-24-20(22)18-13-8-9-14-19(18)21(23)25-16-11-6-7-12-17(2)3/h8-9,13-14,17H,4-7,10-12,15-16H2,1-3H3. The molecule has 0 aliphatic heterocycles. The van der Waals surface area contributed by atoms with E-state index in [4.69, 9.17) is 9.47 Å². The summed E-state index contributed by atoms with van der Waals surface area (Å²) in [5, 5.41) is 0. The molecule has 0 unspecified atom stereocenters. The van der Waals surface area contributed by atoms with Crippen LogP contribution in [0, 0.1) is 5.92 Å². The monoisotopic (exact) mass is 348 g/mol. The quantitative estimate of drug-likeness (QED) is 0.374. The summed E-state index contributed by atoms with van der Waals surface area (Å²) >= 11 is 0. The summed E-state index contributed by atoms with van der Waals surface area (Å²) in [6, 6.07) is 6.68. The van der Waals surface area contributed by atoms with E-state index in [0.717, 1.165) is 38.5 Å². The fourth-order valence-electron chi connectivity index (χ4n) is 2.51. The van der Waals surface area contributed by atoms with E-state index in [1.807, 2.05) is 0 Å². The SMILES string of the molecule is CCCCCOC(=O)c1ccccc1C(=O)OCCCCCC(C)C. The molecule has 25 heavy (non-hydrogen) atoms. The molecule has 4 nitrogen and oxygen atoms in total. The van der Waals surface area contributed by atoms with Gasteiger partial charge in [0.15, 0.2) is 0 Å². The zero-order chi connectivity index (χ0) is 18.5. The number of ether oxygens (including phenoxy) is 2. The molecule has 0 saturated heterocycles. The van der Waals surface area contributed by atoms with Gasteiger partial charge in [-0.3, -0.25) is 0 Å². The predicted octanol–water partition coefficient (Wildman–Crippen LogP) is 5.41. The molecule has 140 valence electrons. The number of benzene rings is 1. The van der Waals surface area contributed by atoms with Crippen LogP contribution in [0.4, 0.5) is 0 Å². The highest BCUT2D eigenvalue weighted by atomic mass is 16.5. The van der Waals surface area contributed by atoms with Crippen LogP contribution in [0.2, 0.25) is 0 Å². The number of esters is 2. The van der Waals surface area contributed by atoms with Crippen molar-refractivity contribution in [1.29, 1.82) is 0 Å². The molecule has 0 amide bonds. The minimum Gasteiger partial charge on any atom is -0.462 e. The summed E-state index contributed by atoms with van der Waals surface area (Å²) in [4.78, 5) is 24.4. The molecule has 0 aromatic heterocycles. The lowest BCUT2D eigenvalue weighted by Crippen LogP contribution is -2.15. The third-order valence-corrected chi connectivity index (χ3v) is 4.01. The Balaban J connectivity index is 2.46. The van der Waals surface area contributed by atoms with E-state index in [-0.39, 0.29) is 11.1 Å². The second-order valence-electron chi connectivity index (χ2n) is 6.77. The fraction of sp³-hybridized carbons (Fsp3) is 0.619. The molecule has 0 spiro atoms. The van der Waals surface area contributed by atoms with E-state index in [1.54, 1.807) is 24.3 Å². The Morgan fingerprint density at radius 1 is 0.840 bits per heavy atom. The predicted molar refractivity (Wildman–Crippen MR) is 99.8 cm³/mol. The van der Waals surface area contributed by atoms with Gasteiger partial charge in [0.05, 0.1) is 24.3 Å². The largest absolute Gasteiger partial charge is 0.462 e. The first-order chi connectivity index (χ1) is 12.1. The lowest BCUT2D eigenvalue weighted by molar-refractivity contribution is 0.0450. The van der Waals surface area contributed by atoms with Crippen LogP contribution >= 0.6 is 0 Å². The van der Waals surface area contributed by atoms with Crippen molar-refractivity contribution in [2.75, 3.05) is 13.2 Å². The van der Waals surface area contributed by atoms with Crippen molar-refractivity contribution in [2.45, 2.75) is 65.7 Å². The minimum atomic E-state index is -0.458. The molecule has 0 heterocycles. The van der Waals surface area contributed by atoms with Gasteiger partial charge in [-0.25, -0.2) is 9.59 Å². The smallest absolute Gasteiger partial charge is 0.339 e. The van der Waals surface area contributed by atoms with E-state index in [1.165, 1.54) is 6.42 Å². The van der Waals surface area contributed by atoms with Crippen molar-refractivity contribution < 1.29 is 19.1 Å². The maximum Gasteiger partial charge on any atom is 0.339 e. The van der Waals surface area contributed by atoms with E-state index >= 15 is 0 Å². The topological polar surface area (TPSA) is 52.6 Å². The Bertz CT molecular complexity index is 522. The van der Waals surface area contributed by atoms with E-state index < -0.39 is 11.9 Å². The second-order valence-corrected chi connectivity index (χ2v) is 6.77. The molecule has 0 N–H and O–H groups in total. The molecular formula is C21H32O4. The van der Waals surface area contributed by atoms with Crippen molar-refractivity contribution in [1.82, 2.24) is 0 Å². The van der Waals surface area contributed by atoms with Gasteiger partial charge >= 0.3 is 11.9 Å². The molecule has 0 aliphatic carbocycles. The highest BCUT2D eigenvalue weighted by Crippen LogP contribution is 2.13. The molecule has 1 rings (SSSR count). The Morgan fingerprint density at radius 2 is 1.36 bits per heavy atom. The van der Waals surface area contributed by atoms with Crippen molar-refractivity contribution in [3.63, 3.8) is 0 Å². The van der Waals surface area contributed by atoms with Crippen LogP contribution in [0.5, 0.6) is 0 Å². The maximum absolute atomic E-state index is 12.3. The minimum absolute atomic E-state index is 0.281. The van der Waals surface area contributed by atoms with E-state index in [9.17, 15) is 9.59 Å². The molecule has 0 aliphatic rings. The second kappa shape index (κ2) is 12.5. The first kappa shape index (κ1) is 21.2. The fourth-order valence-corrected chi connectivity index (χ4v) is 2.51. The van der Waals surface area contributed by atoms with Crippen LogP contribution in [-0.2, 0) is 9.47 Å². The summed E-state index contributed by atoms with van der Waals surface area (Å²) in [6.07, 6.45) is 7.17. The molecule has 0 radical (unpaired) electrons. The zero-order valence-corrected chi connectivity index (χ0v) is 15.9. The van der Waals surface area contributed by atoms with Gasteiger partial charge in [0.1, 0.15) is 0 Å². The molecule has 0 atom stereocenters. The van der Waals surface area contributed by atoms with Gasteiger partial charge < -0.3 is 9.47 Å². The Morgan fingerprint density at radius 3 is 1.84 bits per heavy atom. The molecule has 0 bridgehead atoms. The van der Waals surface area contributed by atoms with Gasteiger partial charge in [-0.1, -0.05) is 65.0 Å². The summed E-state index contributed by atoms with van der Waals surface area (Å²) in [6.45, 7) is 7.27. The number of carbonyl (C=O) groups excluding carboxylic acids is 2. The van der Waals surface area contributed by atoms with Crippen molar-refractivity contribution in [3.05, 3.63) is 35.4 Å². The van der Waals surface area contributed by atoms with E-state index in [2.05, 4.69) is 20.8 Å². The third-order valence-electron chi connectivity index (χ3n) is 4.01. The lowest BCUT2D eigenvalue weighted by Gasteiger charge is -2.10. The van der Waals surface area contributed by atoms with Crippen LogP contribution in [0.25, 0.3) is 0 Å². The number of rotatable bonds is 12. The molecule has 1 aromatic carbocycles. The Kier molecular flexibility index (Phi) is 10.6. The summed E-state index contributed by atoms with van der Waals surface area (Å²) in [5.74, 6) is -0.205. The first-order valence-corrected chi connectivity index (χ1v) is 9.49. The number of hydrogen-bond acceptors (Lipinski definition) is 4. The highest BCUT2D eigenvalue weighted by molar-refractivity contribution is 6.03. The summed E-state index contributed by atoms with van der Waals surface area (Å²) < 4.78 is 10.6. The van der Waals surface area contributed by atoms with Crippen LogP contribution in [-0.4, -0.2) is 25.2 Å². The number of hydrogen-bond donors (Lipinski definition) is 0. The molecule has 4 heteroatoms. The van der Waals surface area contributed by atoms with E-state index in [0.29, 0.717) is 19.1 Å². The van der Waals surface area contributed by atoms with Crippen LogP contribution in [0.1, 0.15) is 86.4 Å². The number of carbonyl (C=O) groups is 2. The third kappa shape index (κ3) is 8.71. The van der Waals surface area contributed by atoms with Gasteiger partial charge in [-0.2, -0.15) is 0 Å². The van der Waals surface area contributed by atoms with Gasteiger partial charge in [0.25, 0.3) is 0 Å². The van der Waals surface area contributed by atoms with Gasteiger partial charge in [-0.15, -0.1) is 0 Å². The van der Waals surface area contributed by atoms with Crippen molar-refractivity contribution in [2.24, 2.45) is 5.92 Å². The first-order valence-electron chi connectivity index (χ1n) is 9.49. The normalized spacial score (nSPS) is 10.7. The molecule has 1 aromatic rings. The maximum atomic E-state index is 12.3. The van der Waals surface area contributed by atoms with Crippen molar-refractivity contribution >= 4 is 11.9 Å². The molecular weight excluding hydrogens is 316 g/mol. The average molecular weight is 348 g/mol. The lowest BCUT2D eigenvalue weighted by atomic mass is 10.1.